The summed E-state index contributed by atoms with van der Waals surface area (Å²) >= 11 is 6.17. The van der Waals surface area contributed by atoms with Crippen LogP contribution in [0, 0.1) is 0 Å². The highest BCUT2D eigenvalue weighted by Gasteiger charge is 2.41. The van der Waals surface area contributed by atoms with Crippen molar-refractivity contribution in [3.8, 4) is 5.75 Å². The lowest BCUT2D eigenvalue weighted by Crippen LogP contribution is -2.72. The number of ether oxygens (including phenoxy) is 1. The number of rotatable bonds is 3. The quantitative estimate of drug-likeness (QED) is 0.496. The first-order valence-corrected chi connectivity index (χ1v) is 11.0. The summed E-state index contributed by atoms with van der Waals surface area (Å²) in [4.78, 5) is 30.5. The molecule has 1 unspecified atom stereocenters. The largest absolute Gasteiger partial charge is 0.468 e. The minimum absolute atomic E-state index is 0.186. The van der Waals surface area contributed by atoms with Crippen LogP contribution in [0.15, 0.2) is 83.9 Å². The third kappa shape index (κ3) is 3.20. The van der Waals surface area contributed by atoms with Gasteiger partial charge in [-0.15, -0.1) is 0 Å². The van der Waals surface area contributed by atoms with Gasteiger partial charge in [0, 0.05) is 34.8 Å². The van der Waals surface area contributed by atoms with Gasteiger partial charge in [0.2, 0.25) is 17.6 Å². The van der Waals surface area contributed by atoms with Crippen molar-refractivity contribution in [2.24, 2.45) is 0 Å². The van der Waals surface area contributed by atoms with E-state index >= 15 is 0 Å². The van der Waals surface area contributed by atoms with E-state index in [1.165, 1.54) is 0 Å². The van der Waals surface area contributed by atoms with Gasteiger partial charge in [0.15, 0.2) is 11.5 Å². The Morgan fingerprint density at radius 1 is 0.909 bits per heavy atom. The first-order chi connectivity index (χ1) is 16.1. The van der Waals surface area contributed by atoms with Crippen LogP contribution in [0.3, 0.4) is 0 Å². The second kappa shape index (κ2) is 7.57. The summed E-state index contributed by atoms with van der Waals surface area (Å²) in [6, 6.07) is 18.6. The van der Waals surface area contributed by atoms with Crippen molar-refractivity contribution < 1.29 is 19.3 Å². The van der Waals surface area contributed by atoms with Crippen molar-refractivity contribution in [1.29, 1.82) is 0 Å². The SMILES string of the molecule is O=C1c2ccccc2C(=O)c2c3c(cc(NCc4ccccc4)c21)OC1C=C(Cl)C=CC1=[NH+]3. The number of carbonyl (C=O) groups is 2. The minimum atomic E-state index is -0.392. The summed E-state index contributed by atoms with van der Waals surface area (Å²) in [5.74, 6) is 0.104. The zero-order valence-electron chi connectivity index (χ0n) is 17.4. The van der Waals surface area contributed by atoms with Crippen LogP contribution < -0.4 is 15.0 Å². The first-order valence-electron chi connectivity index (χ1n) is 10.6. The Bertz CT molecular complexity index is 1440. The Morgan fingerprint density at radius 2 is 1.61 bits per heavy atom. The van der Waals surface area contributed by atoms with Crippen LogP contribution in [-0.2, 0) is 6.54 Å². The molecule has 3 aromatic carbocycles. The molecule has 1 aliphatic heterocycles. The fourth-order valence-electron chi connectivity index (χ4n) is 4.46. The van der Waals surface area contributed by atoms with E-state index in [1.807, 2.05) is 36.4 Å². The highest BCUT2D eigenvalue weighted by atomic mass is 35.5. The smallest absolute Gasteiger partial charge is 0.258 e. The zero-order chi connectivity index (χ0) is 22.5. The molecule has 0 fully saturated rings. The zero-order valence-corrected chi connectivity index (χ0v) is 18.1. The van der Waals surface area contributed by atoms with Crippen LogP contribution in [0.2, 0.25) is 0 Å². The number of benzene rings is 3. The van der Waals surface area contributed by atoms with Gasteiger partial charge in [-0.1, -0.05) is 66.2 Å². The number of halogens is 1. The first kappa shape index (κ1) is 19.7. The molecule has 0 aromatic heterocycles. The molecule has 5 nitrogen and oxygen atoms in total. The van der Waals surface area contributed by atoms with Gasteiger partial charge >= 0.3 is 0 Å². The molecule has 1 heterocycles. The second-order valence-corrected chi connectivity index (χ2v) is 8.53. The summed E-state index contributed by atoms with van der Waals surface area (Å²) in [5.41, 5.74) is 4.38. The van der Waals surface area contributed by atoms with E-state index in [0.717, 1.165) is 11.3 Å². The van der Waals surface area contributed by atoms with Crippen LogP contribution in [0.25, 0.3) is 0 Å². The maximum Gasteiger partial charge on any atom is 0.258 e. The van der Waals surface area contributed by atoms with Gasteiger partial charge in [0.1, 0.15) is 5.56 Å². The Morgan fingerprint density at radius 3 is 2.36 bits per heavy atom. The van der Waals surface area contributed by atoms with E-state index in [9.17, 15) is 9.59 Å². The number of carbonyl (C=O) groups excluding carboxylic acids is 2. The number of allylic oxidation sites excluding steroid dienone is 2. The molecule has 3 aromatic rings. The highest BCUT2D eigenvalue weighted by Crippen LogP contribution is 2.41. The van der Waals surface area contributed by atoms with Gasteiger partial charge in [-0.3, -0.25) is 9.59 Å². The molecule has 1 atom stereocenters. The number of anilines is 1. The van der Waals surface area contributed by atoms with E-state index < -0.39 is 6.10 Å². The maximum absolute atomic E-state index is 13.6. The predicted molar refractivity (Wildman–Crippen MR) is 127 cm³/mol. The number of hydrogen-bond acceptors (Lipinski definition) is 4. The molecule has 33 heavy (non-hydrogen) atoms. The molecule has 6 heteroatoms. The van der Waals surface area contributed by atoms with E-state index in [0.29, 0.717) is 51.0 Å². The molecule has 0 radical (unpaired) electrons. The fourth-order valence-corrected chi connectivity index (χ4v) is 4.64. The van der Waals surface area contributed by atoms with Crippen LogP contribution in [0.4, 0.5) is 11.4 Å². The Kier molecular flexibility index (Phi) is 4.52. The average Bonchev–Trinajstić information content (AvgIpc) is 2.84. The summed E-state index contributed by atoms with van der Waals surface area (Å²) in [6.45, 7) is 0.498. The molecule has 160 valence electrons. The topological polar surface area (TPSA) is 69.4 Å². The molecular weight excluding hydrogens is 436 g/mol. The molecule has 2 N–H and O–H groups in total. The highest BCUT2D eigenvalue weighted by molar-refractivity contribution is 6.33. The monoisotopic (exact) mass is 453 g/mol. The molecule has 6 rings (SSSR count). The van der Waals surface area contributed by atoms with Gasteiger partial charge in [-0.25, -0.2) is 4.99 Å². The third-order valence-electron chi connectivity index (χ3n) is 6.05. The van der Waals surface area contributed by atoms with Crippen LogP contribution >= 0.6 is 11.6 Å². The Labute approximate surface area is 195 Å². The van der Waals surface area contributed by atoms with Crippen LogP contribution in [0.1, 0.15) is 37.4 Å². The molecule has 2 aliphatic carbocycles. The summed E-state index contributed by atoms with van der Waals surface area (Å²) in [7, 11) is 0. The van der Waals surface area contributed by atoms with Crippen molar-refractivity contribution in [2.75, 3.05) is 5.32 Å². The van der Waals surface area contributed by atoms with Gasteiger partial charge < -0.3 is 10.1 Å². The lowest BCUT2D eigenvalue weighted by atomic mass is 9.81. The normalized spacial score (nSPS) is 17.7. The number of hydrogen-bond donors (Lipinski definition) is 2. The van der Waals surface area contributed by atoms with E-state index in [1.54, 1.807) is 42.5 Å². The lowest BCUT2D eigenvalue weighted by Gasteiger charge is -2.26. The van der Waals surface area contributed by atoms with Crippen LogP contribution in [0.5, 0.6) is 5.75 Å². The van der Waals surface area contributed by atoms with Crippen molar-refractivity contribution in [3.63, 3.8) is 0 Å². The number of ketones is 2. The van der Waals surface area contributed by atoms with E-state index in [-0.39, 0.29) is 11.6 Å². The molecular formula is C27H18ClN2O3+. The van der Waals surface area contributed by atoms with Gasteiger partial charge in [0.25, 0.3) is 5.69 Å². The predicted octanol–water partition coefficient (Wildman–Crippen LogP) is 3.68. The summed E-state index contributed by atoms with van der Waals surface area (Å²) < 4.78 is 6.22. The molecule has 0 saturated heterocycles. The molecule has 3 aliphatic rings. The maximum atomic E-state index is 13.6. The molecule has 0 spiro atoms. The molecule has 0 amide bonds. The van der Waals surface area contributed by atoms with Crippen molar-refractivity contribution in [2.45, 2.75) is 12.6 Å². The van der Waals surface area contributed by atoms with Crippen molar-refractivity contribution >= 4 is 40.3 Å². The summed E-state index contributed by atoms with van der Waals surface area (Å²) in [6.07, 6.45) is 4.99. The van der Waals surface area contributed by atoms with E-state index in [2.05, 4.69) is 10.3 Å². The third-order valence-corrected chi connectivity index (χ3v) is 6.30. The minimum Gasteiger partial charge on any atom is -0.468 e. The lowest BCUT2D eigenvalue weighted by molar-refractivity contribution is -0.362. The fraction of sp³-hybridized carbons (Fsp3) is 0.0741. The Balaban J connectivity index is 1.54. The average molecular weight is 454 g/mol. The van der Waals surface area contributed by atoms with Crippen LogP contribution in [-0.4, -0.2) is 23.4 Å². The van der Waals surface area contributed by atoms with E-state index in [4.69, 9.17) is 16.3 Å². The number of nitrogens with one attached hydrogen (secondary N) is 2. The van der Waals surface area contributed by atoms with Crippen molar-refractivity contribution in [3.05, 3.63) is 112 Å². The standard InChI is InChI=1S/C27H17ClN2O3/c28-16-10-11-19-21(12-16)33-22-13-20(29-14-15-6-2-1-3-7-15)23-24(25(22)30-19)27(32)18-9-5-4-8-17(18)26(23)31/h1-13,21,29H,14H2/p+1. The summed E-state index contributed by atoms with van der Waals surface area (Å²) in [5, 5.41) is 3.94. The Hall–Kier alpha value is -3.96. The second-order valence-electron chi connectivity index (χ2n) is 8.09. The van der Waals surface area contributed by atoms with Gasteiger partial charge in [0.05, 0.1) is 11.3 Å². The van der Waals surface area contributed by atoms with Gasteiger partial charge in [-0.05, 0) is 17.7 Å². The van der Waals surface area contributed by atoms with Gasteiger partial charge in [-0.2, -0.15) is 0 Å². The number of fused-ring (bicyclic) bond motifs is 5. The molecule has 0 bridgehead atoms. The molecule has 0 saturated carbocycles. The van der Waals surface area contributed by atoms with Crippen molar-refractivity contribution in [1.82, 2.24) is 0 Å².